The van der Waals surface area contributed by atoms with E-state index in [0.717, 1.165) is 12.8 Å². The van der Waals surface area contributed by atoms with Gasteiger partial charge in [0.1, 0.15) is 5.56 Å². The molecule has 1 heterocycles. The Morgan fingerprint density at radius 3 is 2.54 bits per heavy atom. The second-order valence-corrected chi connectivity index (χ2v) is 6.27. The third-order valence-corrected chi connectivity index (χ3v) is 4.92. The van der Waals surface area contributed by atoms with Crippen LogP contribution in [0, 0.1) is 22.0 Å². The van der Waals surface area contributed by atoms with E-state index in [1.807, 2.05) is 0 Å². The molecular formula is C16H20N2O6. The number of hydrogen-bond donors (Lipinski definition) is 1. The van der Waals surface area contributed by atoms with Crippen molar-refractivity contribution in [1.29, 1.82) is 0 Å². The molecule has 1 amide bonds. The van der Waals surface area contributed by atoms with Crippen molar-refractivity contribution in [2.45, 2.75) is 18.9 Å². The summed E-state index contributed by atoms with van der Waals surface area (Å²) in [6.07, 6.45) is 1.79. The van der Waals surface area contributed by atoms with Gasteiger partial charge in [-0.3, -0.25) is 14.9 Å². The molecule has 1 saturated heterocycles. The zero-order valence-electron chi connectivity index (χ0n) is 13.6. The van der Waals surface area contributed by atoms with Crippen molar-refractivity contribution >= 4 is 11.6 Å². The summed E-state index contributed by atoms with van der Waals surface area (Å²) in [4.78, 5) is 25.3. The molecule has 3 atom stereocenters. The quantitative estimate of drug-likeness (QED) is 0.645. The van der Waals surface area contributed by atoms with Gasteiger partial charge in [-0.2, -0.15) is 0 Å². The molecule has 8 nitrogen and oxygen atoms in total. The number of likely N-dealkylation sites (tertiary alicyclic amines) is 1. The Morgan fingerprint density at radius 1 is 1.29 bits per heavy atom. The highest BCUT2D eigenvalue weighted by Gasteiger charge is 2.47. The van der Waals surface area contributed by atoms with E-state index < -0.39 is 10.8 Å². The molecule has 0 spiro atoms. The average Bonchev–Trinajstić information content (AvgIpc) is 3.36. The molecule has 0 bridgehead atoms. The third-order valence-electron chi connectivity index (χ3n) is 4.92. The van der Waals surface area contributed by atoms with Crippen LogP contribution >= 0.6 is 0 Å². The van der Waals surface area contributed by atoms with Crippen molar-refractivity contribution < 1.29 is 24.3 Å². The second-order valence-electron chi connectivity index (χ2n) is 6.27. The van der Waals surface area contributed by atoms with Gasteiger partial charge in [-0.25, -0.2) is 0 Å². The number of nitro groups is 1. The van der Waals surface area contributed by atoms with Crippen LogP contribution in [-0.2, 0) is 0 Å². The Morgan fingerprint density at radius 2 is 1.96 bits per heavy atom. The number of piperidine rings is 1. The number of fused-ring (bicyclic) bond motifs is 1. The number of carbonyl (C=O) groups is 1. The van der Waals surface area contributed by atoms with E-state index in [9.17, 15) is 20.0 Å². The largest absolute Gasteiger partial charge is 0.493 e. The van der Waals surface area contributed by atoms with Crippen LogP contribution < -0.4 is 9.47 Å². The van der Waals surface area contributed by atoms with Gasteiger partial charge in [-0.1, -0.05) is 0 Å². The topological polar surface area (TPSA) is 102 Å². The molecule has 2 unspecified atom stereocenters. The number of methoxy groups -OCH3 is 2. The summed E-state index contributed by atoms with van der Waals surface area (Å²) in [6, 6.07) is 2.24. The highest BCUT2D eigenvalue weighted by atomic mass is 16.6. The zero-order valence-corrected chi connectivity index (χ0v) is 13.6. The first-order chi connectivity index (χ1) is 11.5. The molecule has 1 aliphatic carbocycles. The van der Waals surface area contributed by atoms with E-state index in [2.05, 4.69) is 0 Å². The monoisotopic (exact) mass is 336 g/mol. The normalized spacial score (nSPS) is 25.0. The molecule has 1 aromatic rings. The Hall–Kier alpha value is -2.35. The van der Waals surface area contributed by atoms with Crippen LogP contribution in [0.5, 0.6) is 11.5 Å². The highest BCUT2D eigenvalue weighted by molar-refractivity contribution is 5.99. The van der Waals surface area contributed by atoms with Gasteiger partial charge in [-0.15, -0.1) is 0 Å². The van der Waals surface area contributed by atoms with Crippen molar-refractivity contribution in [2.24, 2.45) is 11.8 Å². The first-order valence-electron chi connectivity index (χ1n) is 7.82. The van der Waals surface area contributed by atoms with Gasteiger partial charge in [0, 0.05) is 12.6 Å². The van der Waals surface area contributed by atoms with Gasteiger partial charge in [0.25, 0.3) is 11.6 Å². The fraction of sp³-hybridized carbons (Fsp3) is 0.562. The summed E-state index contributed by atoms with van der Waals surface area (Å²) < 4.78 is 10.2. The number of amides is 1. The lowest BCUT2D eigenvalue weighted by atomic mass is 10.0. The predicted octanol–water partition coefficient (Wildman–Crippen LogP) is 1.45. The van der Waals surface area contributed by atoms with Gasteiger partial charge in [0.05, 0.1) is 37.9 Å². The summed E-state index contributed by atoms with van der Waals surface area (Å²) in [5.41, 5.74) is -0.373. The Labute approximate surface area is 139 Å². The number of aliphatic hydroxyl groups is 1. The van der Waals surface area contributed by atoms with Gasteiger partial charge in [0.15, 0.2) is 11.5 Å². The molecule has 1 saturated carbocycles. The molecule has 3 rings (SSSR count). The lowest BCUT2D eigenvalue weighted by Crippen LogP contribution is -2.46. The fourth-order valence-electron chi connectivity index (χ4n) is 3.47. The number of benzene rings is 1. The van der Waals surface area contributed by atoms with Crippen LogP contribution in [0.25, 0.3) is 0 Å². The number of carbonyl (C=O) groups excluding carboxylic acids is 1. The molecule has 130 valence electrons. The fourth-order valence-corrected chi connectivity index (χ4v) is 3.47. The number of nitrogens with zero attached hydrogens (tertiary/aromatic N) is 2. The predicted molar refractivity (Wildman–Crippen MR) is 84.3 cm³/mol. The first-order valence-corrected chi connectivity index (χ1v) is 7.82. The van der Waals surface area contributed by atoms with Crippen LogP contribution in [0.4, 0.5) is 5.69 Å². The standard InChI is InChI=1S/C16H20N2O6/c1-23-14-5-12(13(18(21)22)6-15(14)24-2)16(20)17-7-10-3-9(10)4-11(17)8-19/h5-6,9-11,19H,3-4,7-8H2,1-2H3/t9?,10?,11-/m0/s1. The van der Waals surface area contributed by atoms with Gasteiger partial charge >= 0.3 is 0 Å². The van der Waals surface area contributed by atoms with E-state index >= 15 is 0 Å². The maximum Gasteiger partial charge on any atom is 0.286 e. The van der Waals surface area contributed by atoms with E-state index in [-0.39, 0.29) is 35.4 Å². The molecule has 1 aromatic carbocycles. The summed E-state index contributed by atoms with van der Waals surface area (Å²) in [7, 11) is 2.78. The number of nitro benzene ring substituents is 1. The Kier molecular flexibility index (Phi) is 4.31. The van der Waals surface area contributed by atoms with Crippen LogP contribution in [0.1, 0.15) is 23.2 Å². The average molecular weight is 336 g/mol. The van der Waals surface area contributed by atoms with Crippen LogP contribution in [0.2, 0.25) is 0 Å². The van der Waals surface area contributed by atoms with Crippen LogP contribution in [0.15, 0.2) is 12.1 Å². The minimum Gasteiger partial charge on any atom is -0.493 e. The minimum atomic E-state index is -0.604. The van der Waals surface area contributed by atoms with Crippen molar-refractivity contribution in [1.82, 2.24) is 4.90 Å². The Balaban J connectivity index is 2.00. The maximum atomic E-state index is 12.9. The van der Waals surface area contributed by atoms with E-state index in [1.54, 1.807) is 4.90 Å². The summed E-state index contributed by atoms with van der Waals surface area (Å²) in [6.45, 7) is 0.385. The minimum absolute atomic E-state index is 0.0461. The van der Waals surface area contributed by atoms with E-state index in [4.69, 9.17) is 9.47 Å². The maximum absolute atomic E-state index is 12.9. The van der Waals surface area contributed by atoms with Gasteiger partial charge in [-0.05, 0) is 24.7 Å². The molecule has 8 heteroatoms. The highest BCUT2D eigenvalue weighted by Crippen LogP contribution is 2.47. The number of aliphatic hydroxyl groups excluding tert-OH is 1. The van der Waals surface area contributed by atoms with E-state index in [0.29, 0.717) is 18.4 Å². The summed E-state index contributed by atoms with van der Waals surface area (Å²) in [5.74, 6) is 1.00. The molecule has 2 fully saturated rings. The van der Waals surface area contributed by atoms with E-state index in [1.165, 1.54) is 26.4 Å². The van der Waals surface area contributed by atoms with Gasteiger partial charge < -0.3 is 19.5 Å². The van der Waals surface area contributed by atoms with Crippen LogP contribution in [0.3, 0.4) is 0 Å². The van der Waals surface area contributed by atoms with Crippen molar-refractivity contribution in [3.05, 3.63) is 27.8 Å². The summed E-state index contributed by atoms with van der Waals surface area (Å²) in [5, 5.41) is 21.0. The number of ether oxygens (including phenoxy) is 2. The van der Waals surface area contributed by atoms with Crippen molar-refractivity contribution in [3.63, 3.8) is 0 Å². The first kappa shape index (κ1) is 16.5. The second kappa shape index (κ2) is 6.27. The van der Waals surface area contributed by atoms with Crippen molar-refractivity contribution in [2.75, 3.05) is 27.4 Å². The SMILES string of the molecule is COc1cc(C(=O)N2CC3CC3C[C@H]2CO)c([N+](=O)[O-])cc1OC. The van der Waals surface area contributed by atoms with Gasteiger partial charge in [0.2, 0.25) is 0 Å². The molecule has 2 aliphatic rings. The smallest absolute Gasteiger partial charge is 0.286 e. The molecule has 0 radical (unpaired) electrons. The third kappa shape index (κ3) is 2.77. The number of rotatable bonds is 5. The molecule has 24 heavy (non-hydrogen) atoms. The van der Waals surface area contributed by atoms with Crippen molar-refractivity contribution in [3.8, 4) is 11.5 Å². The molecule has 1 aliphatic heterocycles. The number of hydrogen-bond acceptors (Lipinski definition) is 6. The molecule has 1 N–H and O–H groups in total. The molecule has 0 aromatic heterocycles. The van der Waals surface area contributed by atoms with Crippen LogP contribution in [-0.4, -0.2) is 54.3 Å². The summed E-state index contributed by atoms with van der Waals surface area (Å²) >= 11 is 0. The zero-order chi connectivity index (χ0) is 17.4. The lowest BCUT2D eigenvalue weighted by Gasteiger charge is -2.34. The Bertz CT molecular complexity index is 677. The molecular weight excluding hydrogens is 316 g/mol. The lowest BCUT2D eigenvalue weighted by molar-refractivity contribution is -0.385.